The Morgan fingerprint density at radius 1 is 1.52 bits per heavy atom. The molecule has 6 nitrogen and oxygen atoms in total. The predicted octanol–water partition coefficient (Wildman–Crippen LogP) is 3.64. The lowest BCUT2D eigenvalue weighted by Crippen LogP contribution is -2.10. The third-order valence-corrected chi connectivity index (χ3v) is 3.87. The largest absolute Gasteiger partial charge is 0.481 e. The number of carbonyl (C=O) groups is 1. The van der Waals surface area contributed by atoms with Crippen molar-refractivity contribution in [2.45, 2.75) is 26.2 Å². The Kier molecular flexibility index (Phi) is 6.79. The monoisotopic (exact) mass is 410 g/mol. The Balaban J connectivity index is 2.61. The van der Waals surface area contributed by atoms with Gasteiger partial charge in [-0.2, -0.15) is 0 Å². The minimum Gasteiger partial charge on any atom is -0.481 e. The summed E-state index contributed by atoms with van der Waals surface area (Å²) in [7, 11) is 0. The van der Waals surface area contributed by atoms with Crippen LogP contribution in [0.15, 0.2) is 12.1 Å². The number of rotatable bonds is 8. The number of carboxylic acids is 1. The van der Waals surface area contributed by atoms with Crippen molar-refractivity contribution in [1.82, 2.24) is 0 Å². The van der Waals surface area contributed by atoms with E-state index in [2.05, 4.69) is 5.32 Å². The van der Waals surface area contributed by atoms with Gasteiger partial charge in [0, 0.05) is 25.1 Å². The predicted molar refractivity (Wildman–Crippen MR) is 84.9 cm³/mol. The molecule has 116 valence electrons. The van der Waals surface area contributed by atoms with Gasteiger partial charge in [0.2, 0.25) is 0 Å². The number of nitro groups is 1. The zero-order chi connectivity index (χ0) is 16.0. The first-order valence-electron chi connectivity index (χ1n) is 6.40. The van der Waals surface area contributed by atoms with Crippen LogP contribution in [0.5, 0.6) is 0 Å². The number of halogens is 2. The zero-order valence-corrected chi connectivity index (χ0v) is 13.6. The van der Waals surface area contributed by atoms with E-state index in [-0.39, 0.29) is 27.3 Å². The number of nitro benzene ring substituents is 1. The number of nitrogens with one attached hydrogen (secondary N) is 1. The Morgan fingerprint density at radius 3 is 2.76 bits per heavy atom. The number of hydrogen-bond acceptors (Lipinski definition) is 4. The average molecular weight is 410 g/mol. The van der Waals surface area contributed by atoms with Crippen molar-refractivity contribution in [2.75, 3.05) is 11.9 Å². The maximum atomic E-state index is 13.5. The fourth-order valence-electron chi connectivity index (χ4n) is 1.80. The molecular formula is C13H16FIN2O4. The second-order valence-corrected chi connectivity index (χ2v) is 5.96. The first-order valence-corrected chi connectivity index (χ1v) is 7.48. The van der Waals surface area contributed by atoms with Crippen LogP contribution in [-0.4, -0.2) is 22.5 Å². The van der Waals surface area contributed by atoms with Gasteiger partial charge >= 0.3 is 5.97 Å². The van der Waals surface area contributed by atoms with E-state index in [0.717, 1.165) is 6.07 Å². The van der Waals surface area contributed by atoms with E-state index in [1.807, 2.05) is 6.92 Å². The van der Waals surface area contributed by atoms with Gasteiger partial charge in [-0.25, -0.2) is 4.39 Å². The molecule has 1 aromatic rings. The summed E-state index contributed by atoms with van der Waals surface area (Å²) in [4.78, 5) is 20.8. The molecule has 0 spiro atoms. The normalized spacial score (nSPS) is 12.0. The van der Waals surface area contributed by atoms with Crippen molar-refractivity contribution in [3.63, 3.8) is 0 Å². The van der Waals surface area contributed by atoms with Crippen LogP contribution in [0.3, 0.4) is 0 Å². The zero-order valence-electron chi connectivity index (χ0n) is 11.4. The van der Waals surface area contributed by atoms with Gasteiger partial charge in [-0.15, -0.1) is 0 Å². The van der Waals surface area contributed by atoms with Gasteiger partial charge in [0.05, 0.1) is 8.49 Å². The maximum Gasteiger partial charge on any atom is 0.303 e. The number of aliphatic carboxylic acids is 1. The van der Waals surface area contributed by atoms with E-state index in [0.29, 0.717) is 19.4 Å². The summed E-state index contributed by atoms with van der Waals surface area (Å²) in [5, 5.41) is 22.4. The van der Waals surface area contributed by atoms with Crippen molar-refractivity contribution in [2.24, 2.45) is 5.92 Å². The summed E-state index contributed by atoms with van der Waals surface area (Å²) in [5.41, 5.74) is -0.0256. The lowest BCUT2D eigenvalue weighted by molar-refractivity contribution is -0.384. The molecule has 0 aliphatic carbocycles. The van der Waals surface area contributed by atoms with Crippen LogP contribution in [0.4, 0.5) is 15.8 Å². The Bertz CT molecular complexity index is 539. The van der Waals surface area contributed by atoms with Crippen LogP contribution in [-0.2, 0) is 4.79 Å². The Labute approximate surface area is 135 Å². The van der Waals surface area contributed by atoms with Crippen LogP contribution < -0.4 is 5.32 Å². The van der Waals surface area contributed by atoms with Gasteiger partial charge in [-0.1, -0.05) is 6.92 Å². The molecule has 1 rings (SSSR count). The topological polar surface area (TPSA) is 92.5 Å². The molecule has 0 saturated carbocycles. The molecule has 21 heavy (non-hydrogen) atoms. The average Bonchev–Trinajstić information content (AvgIpc) is 2.39. The highest BCUT2D eigenvalue weighted by Gasteiger charge is 2.17. The molecule has 1 aromatic carbocycles. The quantitative estimate of drug-likeness (QED) is 0.388. The molecule has 0 bridgehead atoms. The van der Waals surface area contributed by atoms with Crippen molar-refractivity contribution in [3.8, 4) is 0 Å². The van der Waals surface area contributed by atoms with Crippen LogP contribution in [0.25, 0.3) is 0 Å². The maximum absolute atomic E-state index is 13.5. The van der Waals surface area contributed by atoms with E-state index in [1.54, 1.807) is 22.6 Å². The van der Waals surface area contributed by atoms with E-state index >= 15 is 0 Å². The summed E-state index contributed by atoms with van der Waals surface area (Å²) < 4.78 is 13.7. The number of nitrogens with zero attached hydrogens (tertiary/aromatic N) is 1. The molecule has 0 fully saturated rings. The van der Waals surface area contributed by atoms with Gasteiger partial charge in [-0.05, 0) is 41.4 Å². The van der Waals surface area contributed by atoms with Crippen molar-refractivity contribution in [3.05, 3.63) is 31.6 Å². The van der Waals surface area contributed by atoms with Crippen molar-refractivity contribution in [1.29, 1.82) is 0 Å². The Hall–Kier alpha value is -1.45. The minimum atomic E-state index is -0.842. The number of benzene rings is 1. The highest BCUT2D eigenvalue weighted by molar-refractivity contribution is 14.1. The molecular weight excluding hydrogens is 394 g/mol. The first-order chi connectivity index (χ1) is 9.81. The summed E-state index contributed by atoms with van der Waals surface area (Å²) in [6.07, 6.45) is 1.29. The molecule has 0 aliphatic heterocycles. The summed E-state index contributed by atoms with van der Waals surface area (Å²) >= 11 is 1.70. The van der Waals surface area contributed by atoms with E-state index in [4.69, 9.17) is 5.11 Å². The summed E-state index contributed by atoms with van der Waals surface area (Å²) in [6.45, 7) is 2.33. The van der Waals surface area contributed by atoms with Crippen LogP contribution in [0.2, 0.25) is 0 Å². The van der Waals surface area contributed by atoms with Crippen molar-refractivity contribution < 1.29 is 19.2 Å². The third-order valence-electron chi connectivity index (χ3n) is 3.04. The lowest BCUT2D eigenvalue weighted by atomic mass is 10.0. The third kappa shape index (κ3) is 5.82. The molecule has 2 N–H and O–H groups in total. The van der Waals surface area contributed by atoms with E-state index in [1.165, 1.54) is 6.07 Å². The van der Waals surface area contributed by atoms with Gasteiger partial charge in [0.25, 0.3) is 5.69 Å². The highest BCUT2D eigenvalue weighted by Crippen LogP contribution is 2.28. The first kappa shape index (κ1) is 17.6. The van der Waals surface area contributed by atoms with E-state index < -0.39 is 16.7 Å². The standard InChI is InChI=1S/C13H16FIN2O4/c1-8(2-3-13(18)19)4-5-16-11-6-9(14)10(15)7-12(11)17(20)21/h6-8,16H,2-5H2,1H3,(H,18,19). The molecule has 0 aliphatic rings. The SMILES string of the molecule is CC(CCNc1cc(F)c(I)cc1[N+](=O)[O-])CCC(=O)O. The van der Waals surface area contributed by atoms with Gasteiger partial charge in [-0.3, -0.25) is 14.9 Å². The molecule has 0 amide bonds. The van der Waals surface area contributed by atoms with Crippen LogP contribution >= 0.6 is 22.6 Å². The molecule has 1 atom stereocenters. The highest BCUT2D eigenvalue weighted by atomic mass is 127. The molecule has 0 radical (unpaired) electrons. The summed E-state index contributed by atoms with van der Waals surface area (Å²) in [5.74, 6) is -1.19. The molecule has 8 heteroatoms. The number of hydrogen-bond donors (Lipinski definition) is 2. The molecule has 1 unspecified atom stereocenters. The summed E-state index contributed by atoms with van der Waals surface area (Å²) in [6, 6.07) is 2.30. The van der Waals surface area contributed by atoms with Gasteiger partial charge in [0.15, 0.2) is 0 Å². The number of carboxylic acid groups (broad SMARTS) is 1. The Morgan fingerprint density at radius 2 is 2.19 bits per heavy atom. The van der Waals surface area contributed by atoms with Crippen LogP contribution in [0.1, 0.15) is 26.2 Å². The fraction of sp³-hybridized carbons (Fsp3) is 0.462. The van der Waals surface area contributed by atoms with E-state index in [9.17, 15) is 19.3 Å². The lowest BCUT2D eigenvalue weighted by Gasteiger charge is -2.12. The minimum absolute atomic E-state index is 0.0967. The fourth-order valence-corrected chi connectivity index (χ4v) is 2.25. The smallest absolute Gasteiger partial charge is 0.303 e. The second kappa shape index (κ2) is 8.11. The molecule has 0 heterocycles. The van der Waals surface area contributed by atoms with Gasteiger partial charge in [0.1, 0.15) is 11.5 Å². The second-order valence-electron chi connectivity index (χ2n) is 4.79. The molecule has 0 saturated heterocycles. The molecule has 0 aromatic heterocycles. The van der Waals surface area contributed by atoms with Crippen molar-refractivity contribution >= 4 is 39.9 Å². The number of anilines is 1. The van der Waals surface area contributed by atoms with Gasteiger partial charge < -0.3 is 10.4 Å². The van der Waals surface area contributed by atoms with Crippen LogP contribution in [0, 0.1) is 25.4 Å².